The summed E-state index contributed by atoms with van der Waals surface area (Å²) in [5, 5.41) is 10.8. The van der Waals surface area contributed by atoms with E-state index in [1.807, 2.05) is 39.0 Å². The molecule has 5 nitrogen and oxygen atoms in total. The number of nitrogens with one attached hydrogen (secondary N) is 2. The third-order valence-corrected chi connectivity index (χ3v) is 5.96. The molecule has 3 rings (SSSR count). The van der Waals surface area contributed by atoms with Gasteiger partial charge in [0, 0.05) is 22.9 Å². The van der Waals surface area contributed by atoms with E-state index in [1.165, 1.54) is 4.90 Å². The molecule has 1 aliphatic heterocycles. The van der Waals surface area contributed by atoms with E-state index in [0.717, 1.165) is 43.1 Å². The highest BCUT2D eigenvalue weighted by molar-refractivity contribution is 7.98. The molecule has 0 radical (unpaired) electrons. The molecule has 1 aliphatic rings. The Hall–Kier alpha value is -1.79. The Morgan fingerprint density at radius 1 is 1.29 bits per heavy atom. The summed E-state index contributed by atoms with van der Waals surface area (Å²) in [4.78, 5) is 13.6. The number of benzene rings is 1. The number of rotatable bonds is 7. The summed E-state index contributed by atoms with van der Waals surface area (Å²) < 4.78 is 5.54. The molecule has 0 bridgehead atoms. The predicted molar refractivity (Wildman–Crippen MR) is 113 cm³/mol. The second-order valence-corrected chi connectivity index (χ2v) is 9.65. The number of nitrogens with zero attached hydrogens (tertiary/aromatic N) is 1. The Morgan fingerprint density at radius 3 is 2.82 bits per heavy atom. The summed E-state index contributed by atoms with van der Waals surface area (Å²) in [6, 6.07) is 12.4. The fourth-order valence-corrected chi connectivity index (χ4v) is 4.45. The van der Waals surface area contributed by atoms with Crippen molar-refractivity contribution in [1.82, 2.24) is 15.8 Å². The van der Waals surface area contributed by atoms with Crippen LogP contribution in [0.15, 0.2) is 45.8 Å². The van der Waals surface area contributed by atoms with Crippen LogP contribution in [0.25, 0.3) is 0 Å². The number of carbonyl (C=O) groups excluding carboxylic acids is 1. The van der Waals surface area contributed by atoms with Crippen molar-refractivity contribution in [3.8, 4) is 0 Å². The molecule has 152 valence electrons. The van der Waals surface area contributed by atoms with Gasteiger partial charge < -0.3 is 15.2 Å². The van der Waals surface area contributed by atoms with Crippen LogP contribution >= 0.6 is 11.8 Å². The molecule has 2 heterocycles. The zero-order valence-corrected chi connectivity index (χ0v) is 17.8. The van der Waals surface area contributed by atoms with Crippen LogP contribution in [0.5, 0.6) is 0 Å². The summed E-state index contributed by atoms with van der Waals surface area (Å²) in [6.45, 7) is 7.97. The molecule has 2 aromatic rings. The van der Waals surface area contributed by atoms with Crippen molar-refractivity contribution < 1.29 is 9.32 Å². The Bertz CT molecular complexity index is 755. The monoisotopic (exact) mass is 401 g/mol. The Labute approximate surface area is 172 Å². The van der Waals surface area contributed by atoms with Gasteiger partial charge in [0.2, 0.25) is 5.91 Å². The Balaban J connectivity index is 1.54. The Kier molecular flexibility index (Phi) is 7.18. The number of hydrogen-bond donors (Lipinski definition) is 2. The first-order valence-corrected chi connectivity index (χ1v) is 11.0. The minimum Gasteiger partial charge on any atom is -0.360 e. The first kappa shape index (κ1) is 20.9. The van der Waals surface area contributed by atoms with Crippen molar-refractivity contribution in [2.24, 2.45) is 11.8 Å². The van der Waals surface area contributed by atoms with E-state index in [4.69, 9.17) is 4.52 Å². The van der Waals surface area contributed by atoms with Crippen LogP contribution in [0.3, 0.4) is 0 Å². The van der Waals surface area contributed by atoms with Gasteiger partial charge in [-0.1, -0.05) is 23.4 Å². The SMILES string of the molecule is CC(C)(C)NC(=O)C[C@H]1CCNC[C@@H]1Cc1cc(CSc2ccccc2)on1. The van der Waals surface area contributed by atoms with Crippen LogP contribution in [0.4, 0.5) is 0 Å². The van der Waals surface area contributed by atoms with Crippen LogP contribution in [-0.4, -0.2) is 29.7 Å². The van der Waals surface area contributed by atoms with Gasteiger partial charge in [-0.15, -0.1) is 11.8 Å². The van der Waals surface area contributed by atoms with Crippen LogP contribution < -0.4 is 10.6 Å². The summed E-state index contributed by atoms with van der Waals surface area (Å²) in [7, 11) is 0. The van der Waals surface area contributed by atoms with Crippen molar-refractivity contribution in [1.29, 1.82) is 0 Å². The molecule has 1 saturated heterocycles. The maximum Gasteiger partial charge on any atom is 0.220 e. The second-order valence-electron chi connectivity index (χ2n) is 8.61. The van der Waals surface area contributed by atoms with Gasteiger partial charge in [0.05, 0.1) is 11.4 Å². The van der Waals surface area contributed by atoms with E-state index in [2.05, 4.69) is 34.0 Å². The Morgan fingerprint density at radius 2 is 2.07 bits per heavy atom. The zero-order valence-electron chi connectivity index (χ0n) is 17.0. The van der Waals surface area contributed by atoms with Crippen LogP contribution in [0.1, 0.15) is 45.1 Å². The van der Waals surface area contributed by atoms with Gasteiger partial charge in [0.15, 0.2) is 0 Å². The molecule has 1 aromatic heterocycles. The molecule has 1 amide bonds. The molecule has 0 aliphatic carbocycles. The molecule has 2 N–H and O–H groups in total. The van der Waals surface area contributed by atoms with Crippen molar-refractivity contribution in [3.63, 3.8) is 0 Å². The molecular formula is C22H31N3O2S. The van der Waals surface area contributed by atoms with Crippen molar-refractivity contribution in [3.05, 3.63) is 47.9 Å². The fourth-order valence-electron chi connectivity index (χ4n) is 3.65. The second kappa shape index (κ2) is 9.61. The highest BCUT2D eigenvalue weighted by atomic mass is 32.2. The summed E-state index contributed by atoms with van der Waals surface area (Å²) in [6.07, 6.45) is 2.45. The highest BCUT2D eigenvalue weighted by Crippen LogP contribution is 2.28. The van der Waals surface area contributed by atoms with E-state index in [0.29, 0.717) is 18.3 Å². The third kappa shape index (κ3) is 6.67. The maximum atomic E-state index is 12.4. The quantitative estimate of drug-likeness (QED) is 0.686. The molecule has 1 aromatic carbocycles. The first-order valence-electron chi connectivity index (χ1n) is 10.0. The molecule has 0 spiro atoms. The molecule has 0 unspecified atom stereocenters. The highest BCUT2D eigenvalue weighted by Gasteiger charge is 2.29. The van der Waals surface area contributed by atoms with E-state index in [9.17, 15) is 4.79 Å². The number of carbonyl (C=O) groups is 1. The molecular weight excluding hydrogens is 370 g/mol. The lowest BCUT2D eigenvalue weighted by molar-refractivity contribution is -0.124. The molecule has 1 fully saturated rings. The van der Waals surface area contributed by atoms with Gasteiger partial charge in [-0.3, -0.25) is 4.79 Å². The van der Waals surface area contributed by atoms with Gasteiger partial charge in [0.25, 0.3) is 0 Å². The molecule has 0 saturated carbocycles. The predicted octanol–water partition coefficient (Wildman–Crippen LogP) is 4.04. The molecule has 6 heteroatoms. The van der Waals surface area contributed by atoms with Gasteiger partial charge >= 0.3 is 0 Å². The lowest BCUT2D eigenvalue weighted by Crippen LogP contribution is -2.44. The topological polar surface area (TPSA) is 67.2 Å². The fraction of sp³-hybridized carbons (Fsp3) is 0.545. The van der Waals surface area contributed by atoms with E-state index < -0.39 is 0 Å². The van der Waals surface area contributed by atoms with Crippen LogP contribution in [0.2, 0.25) is 0 Å². The standard InChI is InChI=1S/C22H31N3O2S/c1-22(2,3)24-21(26)12-16-9-10-23-14-17(16)11-18-13-19(27-25-18)15-28-20-7-5-4-6-8-20/h4-8,13,16-17,23H,9-12,14-15H2,1-3H3,(H,24,26)/t16-,17+/m1/s1. The minimum atomic E-state index is -0.184. The lowest BCUT2D eigenvalue weighted by Gasteiger charge is -2.32. The van der Waals surface area contributed by atoms with Gasteiger partial charge in [0.1, 0.15) is 5.76 Å². The summed E-state index contributed by atoms with van der Waals surface area (Å²) in [5.41, 5.74) is 0.801. The van der Waals surface area contributed by atoms with Crippen molar-refractivity contribution >= 4 is 17.7 Å². The summed E-state index contributed by atoms with van der Waals surface area (Å²) in [5.74, 6) is 2.60. The molecule has 28 heavy (non-hydrogen) atoms. The smallest absolute Gasteiger partial charge is 0.220 e. The number of aromatic nitrogens is 1. The van der Waals surface area contributed by atoms with Crippen molar-refractivity contribution in [2.45, 2.75) is 56.2 Å². The van der Waals surface area contributed by atoms with Crippen molar-refractivity contribution in [2.75, 3.05) is 13.1 Å². The minimum absolute atomic E-state index is 0.143. The number of amides is 1. The lowest BCUT2D eigenvalue weighted by atomic mass is 9.81. The maximum absolute atomic E-state index is 12.4. The average molecular weight is 402 g/mol. The van der Waals surface area contributed by atoms with Crippen LogP contribution in [-0.2, 0) is 17.0 Å². The number of hydrogen-bond acceptors (Lipinski definition) is 5. The number of piperidine rings is 1. The third-order valence-electron chi connectivity index (χ3n) is 4.93. The molecule has 2 atom stereocenters. The first-order chi connectivity index (χ1) is 13.4. The summed E-state index contributed by atoms with van der Waals surface area (Å²) >= 11 is 1.75. The average Bonchev–Trinajstić information content (AvgIpc) is 3.08. The van der Waals surface area contributed by atoms with Crippen LogP contribution in [0, 0.1) is 11.8 Å². The van der Waals surface area contributed by atoms with E-state index >= 15 is 0 Å². The number of thioether (sulfide) groups is 1. The van der Waals surface area contributed by atoms with Gasteiger partial charge in [-0.2, -0.15) is 0 Å². The van der Waals surface area contributed by atoms with Gasteiger partial charge in [-0.05, 0) is 70.7 Å². The van der Waals surface area contributed by atoms with E-state index in [-0.39, 0.29) is 11.4 Å². The largest absolute Gasteiger partial charge is 0.360 e. The van der Waals surface area contributed by atoms with E-state index in [1.54, 1.807) is 11.8 Å². The normalized spacial score (nSPS) is 20.1. The zero-order chi connectivity index (χ0) is 20.0. The van der Waals surface area contributed by atoms with Gasteiger partial charge in [-0.25, -0.2) is 0 Å².